The van der Waals surface area contributed by atoms with Crippen LogP contribution in [0.3, 0.4) is 0 Å². The standard InChI is InChI=1S/C18H14FN3O4/c1-25-17-7-4-13(19)8-15(17)16(23)9-26-18(24)12-2-5-14(6-3-12)22-11-20-10-21-22/h2-8,10-11H,9H2,1H3. The Bertz CT molecular complexity index is 924. The number of esters is 1. The molecule has 0 aliphatic rings. The fourth-order valence-corrected chi connectivity index (χ4v) is 2.28. The number of nitrogens with zero attached hydrogens (tertiary/aromatic N) is 3. The molecule has 0 fully saturated rings. The highest BCUT2D eigenvalue weighted by molar-refractivity contribution is 6.01. The molecule has 0 saturated carbocycles. The van der Waals surface area contributed by atoms with Crippen molar-refractivity contribution >= 4 is 11.8 Å². The summed E-state index contributed by atoms with van der Waals surface area (Å²) in [7, 11) is 1.37. The molecule has 0 atom stereocenters. The van der Waals surface area contributed by atoms with E-state index in [0.29, 0.717) is 0 Å². The van der Waals surface area contributed by atoms with Gasteiger partial charge in [-0.2, -0.15) is 5.10 Å². The molecule has 0 bridgehead atoms. The lowest BCUT2D eigenvalue weighted by Crippen LogP contribution is -2.15. The van der Waals surface area contributed by atoms with Crippen molar-refractivity contribution in [3.05, 3.63) is 72.1 Å². The summed E-state index contributed by atoms with van der Waals surface area (Å²) in [4.78, 5) is 28.1. The second-order valence-electron chi connectivity index (χ2n) is 5.23. The van der Waals surface area contributed by atoms with Crippen LogP contribution in [0, 0.1) is 5.82 Å². The maximum absolute atomic E-state index is 13.3. The number of carbonyl (C=O) groups excluding carboxylic acids is 2. The smallest absolute Gasteiger partial charge is 0.338 e. The highest BCUT2D eigenvalue weighted by Crippen LogP contribution is 2.20. The van der Waals surface area contributed by atoms with Crippen molar-refractivity contribution in [2.75, 3.05) is 13.7 Å². The molecule has 0 aliphatic carbocycles. The number of rotatable bonds is 6. The molecule has 132 valence electrons. The minimum Gasteiger partial charge on any atom is -0.496 e. The SMILES string of the molecule is COc1ccc(F)cc1C(=O)COC(=O)c1ccc(-n2cncn2)cc1. The number of ether oxygens (including phenoxy) is 2. The van der Waals surface area contributed by atoms with Gasteiger partial charge in [0.05, 0.1) is 23.9 Å². The number of methoxy groups -OCH3 is 1. The maximum atomic E-state index is 13.3. The molecule has 26 heavy (non-hydrogen) atoms. The quantitative estimate of drug-likeness (QED) is 0.499. The molecule has 3 aromatic rings. The Kier molecular flexibility index (Phi) is 5.02. The summed E-state index contributed by atoms with van der Waals surface area (Å²) in [6.07, 6.45) is 2.92. The zero-order chi connectivity index (χ0) is 18.5. The average Bonchev–Trinajstić information content (AvgIpc) is 3.20. The average molecular weight is 355 g/mol. The summed E-state index contributed by atoms with van der Waals surface area (Å²) in [5, 5.41) is 3.98. The third-order valence-electron chi connectivity index (χ3n) is 3.58. The van der Waals surface area contributed by atoms with Gasteiger partial charge in [-0.1, -0.05) is 0 Å². The fraction of sp³-hybridized carbons (Fsp3) is 0.111. The van der Waals surface area contributed by atoms with Gasteiger partial charge in [0.1, 0.15) is 24.2 Å². The van der Waals surface area contributed by atoms with Gasteiger partial charge < -0.3 is 9.47 Å². The lowest BCUT2D eigenvalue weighted by molar-refractivity contribution is 0.0474. The van der Waals surface area contributed by atoms with E-state index < -0.39 is 24.2 Å². The molecule has 0 amide bonds. The molecule has 0 N–H and O–H groups in total. The van der Waals surface area contributed by atoms with Crippen LogP contribution >= 0.6 is 0 Å². The molecule has 3 rings (SSSR count). The van der Waals surface area contributed by atoms with Gasteiger partial charge in [0.2, 0.25) is 5.78 Å². The van der Waals surface area contributed by atoms with Gasteiger partial charge in [-0.05, 0) is 42.5 Å². The van der Waals surface area contributed by atoms with Crippen molar-refractivity contribution < 1.29 is 23.5 Å². The first-order chi connectivity index (χ1) is 12.6. The van der Waals surface area contributed by atoms with Crippen LogP contribution in [0.2, 0.25) is 0 Å². The Morgan fingerprint density at radius 2 is 1.92 bits per heavy atom. The van der Waals surface area contributed by atoms with Crippen molar-refractivity contribution in [3.8, 4) is 11.4 Å². The highest BCUT2D eigenvalue weighted by Gasteiger charge is 2.16. The van der Waals surface area contributed by atoms with E-state index in [-0.39, 0.29) is 16.9 Å². The molecule has 1 heterocycles. The van der Waals surface area contributed by atoms with Crippen LogP contribution in [0.25, 0.3) is 5.69 Å². The van der Waals surface area contributed by atoms with Crippen LogP contribution in [-0.4, -0.2) is 40.2 Å². The summed E-state index contributed by atoms with van der Waals surface area (Å²) in [6, 6.07) is 10.00. The third kappa shape index (κ3) is 3.75. The van der Waals surface area contributed by atoms with Gasteiger partial charge in [-0.15, -0.1) is 0 Å². The minimum atomic E-state index is -0.668. The fourth-order valence-electron chi connectivity index (χ4n) is 2.28. The third-order valence-corrected chi connectivity index (χ3v) is 3.58. The molecular formula is C18H14FN3O4. The topological polar surface area (TPSA) is 83.3 Å². The van der Waals surface area contributed by atoms with E-state index in [1.54, 1.807) is 24.3 Å². The monoisotopic (exact) mass is 355 g/mol. The van der Waals surface area contributed by atoms with Crippen LogP contribution < -0.4 is 4.74 Å². The summed E-state index contributed by atoms with van der Waals surface area (Å²) in [6.45, 7) is -0.524. The molecule has 0 saturated heterocycles. The van der Waals surface area contributed by atoms with E-state index >= 15 is 0 Å². The second kappa shape index (κ2) is 7.56. The van der Waals surface area contributed by atoms with Gasteiger partial charge >= 0.3 is 5.97 Å². The van der Waals surface area contributed by atoms with Crippen LogP contribution in [0.15, 0.2) is 55.1 Å². The van der Waals surface area contributed by atoms with E-state index in [9.17, 15) is 14.0 Å². The molecule has 7 nitrogen and oxygen atoms in total. The minimum absolute atomic E-state index is 0.0156. The van der Waals surface area contributed by atoms with Crippen molar-refractivity contribution in [1.82, 2.24) is 14.8 Å². The van der Waals surface area contributed by atoms with E-state index in [4.69, 9.17) is 9.47 Å². The van der Waals surface area contributed by atoms with E-state index in [0.717, 1.165) is 11.8 Å². The van der Waals surface area contributed by atoms with Crippen LogP contribution in [-0.2, 0) is 4.74 Å². The van der Waals surface area contributed by atoms with Crippen LogP contribution in [0.1, 0.15) is 20.7 Å². The Hall–Kier alpha value is -3.55. The van der Waals surface area contributed by atoms with Crippen molar-refractivity contribution in [2.24, 2.45) is 0 Å². The molecule has 2 aromatic carbocycles. The van der Waals surface area contributed by atoms with Crippen molar-refractivity contribution in [1.29, 1.82) is 0 Å². The maximum Gasteiger partial charge on any atom is 0.338 e. The Morgan fingerprint density at radius 1 is 1.15 bits per heavy atom. The normalized spacial score (nSPS) is 10.4. The van der Waals surface area contributed by atoms with Crippen molar-refractivity contribution in [2.45, 2.75) is 0 Å². The molecular weight excluding hydrogens is 341 g/mol. The number of hydrogen-bond acceptors (Lipinski definition) is 6. The van der Waals surface area contributed by atoms with Gasteiger partial charge in [0.25, 0.3) is 0 Å². The molecule has 0 unspecified atom stereocenters. The Balaban J connectivity index is 1.65. The second-order valence-corrected chi connectivity index (χ2v) is 5.23. The Labute approximate surface area is 148 Å². The summed E-state index contributed by atoms with van der Waals surface area (Å²) >= 11 is 0. The first-order valence-corrected chi connectivity index (χ1v) is 7.57. The molecule has 8 heteroatoms. The molecule has 0 aliphatic heterocycles. The Morgan fingerprint density at radius 3 is 2.58 bits per heavy atom. The zero-order valence-corrected chi connectivity index (χ0v) is 13.8. The molecule has 0 spiro atoms. The largest absolute Gasteiger partial charge is 0.496 e. The van der Waals surface area contributed by atoms with Crippen LogP contribution in [0.4, 0.5) is 4.39 Å². The lowest BCUT2D eigenvalue weighted by Gasteiger charge is -2.09. The lowest BCUT2D eigenvalue weighted by atomic mass is 10.1. The van der Waals surface area contributed by atoms with E-state index in [2.05, 4.69) is 10.1 Å². The van der Waals surface area contributed by atoms with Crippen molar-refractivity contribution in [3.63, 3.8) is 0 Å². The predicted octanol–water partition coefficient (Wildman–Crippen LogP) is 2.45. The summed E-state index contributed by atoms with van der Waals surface area (Å²) < 4.78 is 24.9. The number of Topliss-reactive ketones (excluding diaryl/α,β-unsaturated/α-hetero) is 1. The van der Waals surface area contributed by atoms with Crippen LogP contribution in [0.5, 0.6) is 5.75 Å². The first-order valence-electron chi connectivity index (χ1n) is 7.57. The van der Waals surface area contributed by atoms with Gasteiger partial charge in [-0.3, -0.25) is 4.79 Å². The van der Waals surface area contributed by atoms with Gasteiger partial charge in [-0.25, -0.2) is 18.9 Å². The number of benzene rings is 2. The van der Waals surface area contributed by atoms with E-state index in [1.165, 1.54) is 36.6 Å². The number of ketones is 1. The van der Waals surface area contributed by atoms with Gasteiger partial charge in [0, 0.05) is 0 Å². The predicted molar refractivity (Wildman–Crippen MR) is 88.9 cm³/mol. The number of halogens is 1. The highest BCUT2D eigenvalue weighted by atomic mass is 19.1. The number of aromatic nitrogens is 3. The van der Waals surface area contributed by atoms with Gasteiger partial charge in [0.15, 0.2) is 6.61 Å². The molecule has 0 radical (unpaired) electrons. The number of carbonyl (C=O) groups is 2. The van der Waals surface area contributed by atoms with E-state index in [1.807, 2.05) is 0 Å². The molecule has 1 aromatic heterocycles. The first kappa shape index (κ1) is 17.3. The number of hydrogen-bond donors (Lipinski definition) is 0. The summed E-state index contributed by atoms with van der Waals surface area (Å²) in [5.74, 6) is -1.60. The zero-order valence-electron chi connectivity index (χ0n) is 13.8. The summed E-state index contributed by atoms with van der Waals surface area (Å²) in [5.41, 5.74) is 1.01.